The van der Waals surface area contributed by atoms with Crippen LogP contribution in [0, 0.1) is 0 Å². The van der Waals surface area contributed by atoms with E-state index in [2.05, 4.69) is 31.2 Å². The van der Waals surface area contributed by atoms with E-state index in [-0.39, 0.29) is 0 Å². The SMILES string of the molecule is CCC(CCc1ccccc1)=C(CCCc1ccccc1)C(=O)O. The number of hydrogen-bond donors (Lipinski definition) is 1. The van der Waals surface area contributed by atoms with E-state index in [9.17, 15) is 9.90 Å². The van der Waals surface area contributed by atoms with E-state index in [1.165, 1.54) is 11.1 Å². The van der Waals surface area contributed by atoms with Gasteiger partial charge >= 0.3 is 5.97 Å². The lowest BCUT2D eigenvalue weighted by Crippen LogP contribution is -2.06. The summed E-state index contributed by atoms with van der Waals surface area (Å²) < 4.78 is 0. The van der Waals surface area contributed by atoms with Crippen molar-refractivity contribution in [2.24, 2.45) is 0 Å². The number of carbonyl (C=O) groups is 1. The van der Waals surface area contributed by atoms with Gasteiger partial charge in [0.1, 0.15) is 0 Å². The summed E-state index contributed by atoms with van der Waals surface area (Å²) in [6.07, 6.45) is 4.97. The summed E-state index contributed by atoms with van der Waals surface area (Å²) >= 11 is 0. The Kier molecular flexibility index (Phi) is 7.28. The summed E-state index contributed by atoms with van der Waals surface area (Å²) in [5, 5.41) is 9.61. The van der Waals surface area contributed by atoms with Gasteiger partial charge in [0, 0.05) is 5.57 Å². The minimum absolute atomic E-state index is 0.615. The molecule has 0 aliphatic carbocycles. The minimum atomic E-state index is -0.757. The zero-order chi connectivity index (χ0) is 17.2. The standard InChI is InChI=1S/C22H26O2/c1-2-20(17-16-19-12-7-4-8-13-19)21(22(23)24)15-9-14-18-10-5-3-6-11-18/h3-8,10-13H,2,9,14-17H2,1H3,(H,23,24). The summed E-state index contributed by atoms with van der Waals surface area (Å²) in [5.74, 6) is -0.757. The van der Waals surface area contributed by atoms with Crippen LogP contribution < -0.4 is 0 Å². The van der Waals surface area contributed by atoms with Crippen molar-refractivity contribution in [2.45, 2.75) is 45.4 Å². The van der Waals surface area contributed by atoms with Crippen molar-refractivity contribution >= 4 is 5.97 Å². The molecule has 2 aromatic rings. The minimum Gasteiger partial charge on any atom is -0.478 e. The Labute approximate surface area is 144 Å². The van der Waals surface area contributed by atoms with Crippen molar-refractivity contribution < 1.29 is 9.90 Å². The molecule has 2 aromatic carbocycles. The molecule has 24 heavy (non-hydrogen) atoms. The molecule has 2 nitrogen and oxygen atoms in total. The second-order valence-electron chi connectivity index (χ2n) is 6.07. The van der Waals surface area contributed by atoms with Gasteiger partial charge in [-0.15, -0.1) is 0 Å². The van der Waals surface area contributed by atoms with Gasteiger partial charge in [-0.3, -0.25) is 0 Å². The first-order valence-electron chi connectivity index (χ1n) is 8.72. The van der Waals surface area contributed by atoms with Crippen LogP contribution in [-0.2, 0) is 17.6 Å². The zero-order valence-electron chi connectivity index (χ0n) is 14.4. The van der Waals surface area contributed by atoms with Gasteiger partial charge in [-0.2, -0.15) is 0 Å². The predicted octanol–water partition coefficient (Wildman–Crippen LogP) is 5.43. The molecule has 0 heterocycles. The molecule has 1 N–H and O–H groups in total. The molecule has 2 heteroatoms. The number of allylic oxidation sites excluding steroid dienone is 1. The van der Waals surface area contributed by atoms with Crippen LogP contribution >= 0.6 is 0 Å². The smallest absolute Gasteiger partial charge is 0.331 e. The van der Waals surface area contributed by atoms with Gasteiger partial charge < -0.3 is 5.11 Å². The average molecular weight is 322 g/mol. The molecule has 0 bridgehead atoms. The van der Waals surface area contributed by atoms with Crippen molar-refractivity contribution in [3.63, 3.8) is 0 Å². The Morgan fingerprint density at radius 3 is 1.88 bits per heavy atom. The van der Waals surface area contributed by atoms with Gasteiger partial charge in [0.25, 0.3) is 0 Å². The van der Waals surface area contributed by atoms with Crippen LogP contribution in [0.5, 0.6) is 0 Å². The van der Waals surface area contributed by atoms with Gasteiger partial charge in [0.15, 0.2) is 0 Å². The molecule has 0 amide bonds. The fraction of sp³-hybridized carbons (Fsp3) is 0.318. The maximum Gasteiger partial charge on any atom is 0.331 e. The number of aryl methyl sites for hydroxylation is 2. The zero-order valence-corrected chi connectivity index (χ0v) is 14.4. The van der Waals surface area contributed by atoms with Gasteiger partial charge in [-0.25, -0.2) is 4.79 Å². The molecule has 0 unspecified atom stereocenters. The highest BCUT2D eigenvalue weighted by molar-refractivity contribution is 5.87. The first-order valence-corrected chi connectivity index (χ1v) is 8.72. The normalized spacial score (nSPS) is 11.9. The highest BCUT2D eigenvalue weighted by atomic mass is 16.4. The third kappa shape index (κ3) is 5.69. The van der Waals surface area contributed by atoms with E-state index in [0.29, 0.717) is 12.0 Å². The van der Waals surface area contributed by atoms with E-state index in [1.807, 2.05) is 36.4 Å². The van der Waals surface area contributed by atoms with Crippen LogP contribution in [0.2, 0.25) is 0 Å². The highest BCUT2D eigenvalue weighted by Gasteiger charge is 2.13. The molecule has 0 aromatic heterocycles. The Balaban J connectivity index is 1.98. The topological polar surface area (TPSA) is 37.3 Å². The van der Waals surface area contributed by atoms with Crippen LogP contribution in [0.1, 0.15) is 43.7 Å². The van der Waals surface area contributed by atoms with Gasteiger partial charge in [0.05, 0.1) is 0 Å². The Morgan fingerprint density at radius 1 is 0.833 bits per heavy atom. The Bertz CT molecular complexity index is 657. The van der Waals surface area contributed by atoms with Crippen LogP contribution in [0.3, 0.4) is 0 Å². The van der Waals surface area contributed by atoms with E-state index in [1.54, 1.807) is 0 Å². The second-order valence-corrected chi connectivity index (χ2v) is 6.07. The number of rotatable bonds is 9. The first-order chi connectivity index (χ1) is 11.7. The number of carboxylic acids is 1. The highest BCUT2D eigenvalue weighted by Crippen LogP contribution is 2.21. The fourth-order valence-electron chi connectivity index (χ4n) is 3.03. The summed E-state index contributed by atoms with van der Waals surface area (Å²) in [4.78, 5) is 11.7. The summed E-state index contributed by atoms with van der Waals surface area (Å²) in [5.41, 5.74) is 4.23. The quantitative estimate of drug-likeness (QED) is 0.625. The van der Waals surface area contributed by atoms with Crippen molar-refractivity contribution in [1.82, 2.24) is 0 Å². The maximum absolute atomic E-state index is 11.7. The Hall–Kier alpha value is -2.35. The predicted molar refractivity (Wildman–Crippen MR) is 99.1 cm³/mol. The second kappa shape index (κ2) is 9.71. The summed E-state index contributed by atoms with van der Waals surface area (Å²) in [7, 11) is 0. The van der Waals surface area contributed by atoms with E-state index >= 15 is 0 Å². The molecule has 0 saturated carbocycles. The lowest BCUT2D eigenvalue weighted by Gasteiger charge is -2.11. The molecule has 0 radical (unpaired) electrons. The van der Waals surface area contributed by atoms with Crippen molar-refractivity contribution in [1.29, 1.82) is 0 Å². The number of aliphatic carboxylic acids is 1. The number of hydrogen-bond acceptors (Lipinski definition) is 1. The van der Waals surface area contributed by atoms with Crippen LogP contribution in [0.25, 0.3) is 0 Å². The molecule has 0 atom stereocenters. The van der Waals surface area contributed by atoms with Crippen molar-refractivity contribution in [3.05, 3.63) is 82.9 Å². The lowest BCUT2D eigenvalue weighted by atomic mass is 9.94. The van der Waals surface area contributed by atoms with Crippen molar-refractivity contribution in [3.8, 4) is 0 Å². The van der Waals surface area contributed by atoms with Gasteiger partial charge in [-0.05, 0) is 49.7 Å². The average Bonchev–Trinajstić information content (AvgIpc) is 2.62. The van der Waals surface area contributed by atoms with Crippen LogP contribution in [-0.4, -0.2) is 11.1 Å². The first kappa shape index (κ1) is 18.0. The largest absolute Gasteiger partial charge is 0.478 e. The maximum atomic E-state index is 11.7. The lowest BCUT2D eigenvalue weighted by molar-refractivity contribution is -0.132. The Morgan fingerprint density at radius 2 is 1.38 bits per heavy atom. The molecule has 0 fully saturated rings. The third-order valence-electron chi connectivity index (χ3n) is 4.41. The molecular weight excluding hydrogens is 296 g/mol. The monoisotopic (exact) mass is 322 g/mol. The molecule has 0 aliphatic heterocycles. The van der Waals surface area contributed by atoms with Crippen LogP contribution in [0.15, 0.2) is 71.8 Å². The van der Waals surface area contributed by atoms with E-state index in [4.69, 9.17) is 0 Å². The summed E-state index contributed by atoms with van der Waals surface area (Å²) in [6.45, 7) is 2.06. The molecule has 0 spiro atoms. The fourth-order valence-corrected chi connectivity index (χ4v) is 3.03. The van der Waals surface area contributed by atoms with Gasteiger partial charge in [0.2, 0.25) is 0 Å². The molecule has 0 saturated heterocycles. The molecule has 126 valence electrons. The molecular formula is C22H26O2. The summed E-state index contributed by atoms with van der Waals surface area (Å²) in [6, 6.07) is 20.5. The van der Waals surface area contributed by atoms with Crippen LogP contribution in [0.4, 0.5) is 0 Å². The number of benzene rings is 2. The molecule has 2 rings (SSSR count). The molecule has 0 aliphatic rings. The third-order valence-corrected chi connectivity index (χ3v) is 4.41. The van der Waals surface area contributed by atoms with E-state index < -0.39 is 5.97 Å². The number of carboxylic acid groups (broad SMARTS) is 1. The van der Waals surface area contributed by atoms with Crippen molar-refractivity contribution in [2.75, 3.05) is 0 Å². The van der Waals surface area contributed by atoms with E-state index in [0.717, 1.165) is 37.7 Å². The van der Waals surface area contributed by atoms with Gasteiger partial charge in [-0.1, -0.05) is 73.2 Å².